The van der Waals surface area contributed by atoms with Crippen LogP contribution in [0.2, 0.25) is 0 Å². The van der Waals surface area contributed by atoms with E-state index in [2.05, 4.69) is 5.32 Å². The molecule has 0 bridgehead atoms. The second kappa shape index (κ2) is 6.39. The molecule has 2 fully saturated rings. The average Bonchev–Trinajstić information content (AvgIpc) is 2.40. The molecular weight excluding hydrogens is 212 g/mol. The molecule has 1 aliphatic heterocycles. The molecule has 1 amide bonds. The van der Waals surface area contributed by atoms with Crippen molar-refractivity contribution in [2.75, 3.05) is 13.1 Å². The number of amides is 1. The van der Waals surface area contributed by atoms with Crippen LogP contribution in [0.15, 0.2) is 0 Å². The Bertz CT molecular complexity index is 243. The van der Waals surface area contributed by atoms with Gasteiger partial charge in [-0.15, -0.1) is 0 Å². The van der Waals surface area contributed by atoms with E-state index in [0.717, 1.165) is 13.1 Å². The number of nitrogens with one attached hydrogen (secondary N) is 1. The Morgan fingerprint density at radius 2 is 1.65 bits per heavy atom. The van der Waals surface area contributed by atoms with Crippen LogP contribution in [0.25, 0.3) is 0 Å². The van der Waals surface area contributed by atoms with Crippen molar-refractivity contribution >= 4 is 5.91 Å². The highest BCUT2D eigenvalue weighted by atomic mass is 16.2. The molecular formula is C14H26N2O. The molecule has 1 unspecified atom stereocenters. The minimum atomic E-state index is 0.0104. The summed E-state index contributed by atoms with van der Waals surface area (Å²) in [6.45, 7) is 3.97. The highest BCUT2D eigenvalue weighted by molar-refractivity contribution is 5.81. The molecule has 3 nitrogen and oxygen atoms in total. The van der Waals surface area contributed by atoms with Gasteiger partial charge in [0.05, 0.1) is 6.04 Å². The predicted octanol–water partition coefficient (Wildman–Crippen LogP) is 2.31. The number of nitrogens with zero attached hydrogens (tertiary/aromatic N) is 1. The van der Waals surface area contributed by atoms with Gasteiger partial charge in [0.2, 0.25) is 5.91 Å². The fraction of sp³-hybridized carbons (Fsp3) is 0.929. The summed E-state index contributed by atoms with van der Waals surface area (Å²) in [5, 5.41) is 3.52. The predicted molar refractivity (Wildman–Crippen MR) is 69.9 cm³/mol. The smallest absolute Gasteiger partial charge is 0.239 e. The van der Waals surface area contributed by atoms with Crippen molar-refractivity contribution in [1.29, 1.82) is 0 Å². The molecule has 98 valence electrons. The molecule has 1 aliphatic carbocycles. The molecule has 0 aromatic heterocycles. The maximum absolute atomic E-state index is 12.2. The largest absolute Gasteiger partial charge is 0.341 e. The lowest BCUT2D eigenvalue weighted by molar-refractivity contribution is -0.134. The molecule has 1 saturated heterocycles. The highest BCUT2D eigenvalue weighted by Crippen LogP contribution is 2.18. The van der Waals surface area contributed by atoms with E-state index in [9.17, 15) is 4.79 Å². The van der Waals surface area contributed by atoms with Gasteiger partial charge >= 0.3 is 0 Å². The lowest BCUT2D eigenvalue weighted by Gasteiger charge is -2.32. The lowest BCUT2D eigenvalue weighted by Crippen LogP contribution is -2.50. The number of hydrogen-bond acceptors (Lipinski definition) is 2. The zero-order chi connectivity index (χ0) is 12.1. The topological polar surface area (TPSA) is 32.3 Å². The number of hydrogen-bond donors (Lipinski definition) is 1. The summed E-state index contributed by atoms with van der Waals surface area (Å²) < 4.78 is 0. The SMILES string of the molecule is CC(NC1CCCCC1)C(=O)N1CCCCC1. The van der Waals surface area contributed by atoms with E-state index in [-0.39, 0.29) is 6.04 Å². The van der Waals surface area contributed by atoms with Gasteiger partial charge in [0.15, 0.2) is 0 Å². The van der Waals surface area contributed by atoms with Gasteiger partial charge < -0.3 is 10.2 Å². The zero-order valence-corrected chi connectivity index (χ0v) is 11.1. The van der Waals surface area contributed by atoms with E-state index >= 15 is 0 Å². The Kier molecular flexibility index (Phi) is 4.84. The Morgan fingerprint density at radius 3 is 2.29 bits per heavy atom. The quantitative estimate of drug-likeness (QED) is 0.818. The Hall–Kier alpha value is -0.570. The molecule has 1 saturated carbocycles. The summed E-state index contributed by atoms with van der Waals surface area (Å²) in [5.74, 6) is 0.315. The molecule has 0 aromatic rings. The third kappa shape index (κ3) is 3.70. The van der Waals surface area contributed by atoms with Gasteiger partial charge in [-0.25, -0.2) is 0 Å². The normalized spacial score (nSPS) is 24.6. The Morgan fingerprint density at radius 1 is 1.06 bits per heavy atom. The summed E-state index contributed by atoms with van der Waals surface area (Å²) in [4.78, 5) is 14.3. The Labute approximate surface area is 105 Å². The van der Waals surface area contributed by atoms with Crippen LogP contribution in [-0.4, -0.2) is 36.0 Å². The number of carbonyl (C=O) groups is 1. The van der Waals surface area contributed by atoms with Crippen LogP contribution in [0.5, 0.6) is 0 Å². The van der Waals surface area contributed by atoms with Gasteiger partial charge in [0.25, 0.3) is 0 Å². The summed E-state index contributed by atoms with van der Waals surface area (Å²) in [6.07, 6.45) is 10.2. The summed E-state index contributed by atoms with van der Waals surface area (Å²) >= 11 is 0. The molecule has 0 aromatic carbocycles. The van der Waals surface area contributed by atoms with Gasteiger partial charge in [-0.1, -0.05) is 19.3 Å². The van der Waals surface area contributed by atoms with Crippen LogP contribution in [-0.2, 0) is 4.79 Å². The Balaban J connectivity index is 1.77. The lowest BCUT2D eigenvalue weighted by atomic mass is 9.95. The first-order valence-corrected chi connectivity index (χ1v) is 7.32. The van der Waals surface area contributed by atoms with Crippen LogP contribution in [0, 0.1) is 0 Å². The number of likely N-dealkylation sites (tertiary alicyclic amines) is 1. The number of piperidine rings is 1. The molecule has 3 heteroatoms. The second-order valence-corrected chi connectivity index (χ2v) is 5.61. The third-order valence-corrected chi connectivity index (χ3v) is 4.13. The zero-order valence-electron chi connectivity index (χ0n) is 11.1. The second-order valence-electron chi connectivity index (χ2n) is 5.61. The summed E-state index contributed by atoms with van der Waals surface area (Å²) in [6, 6.07) is 0.587. The van der Waals surface area contributed by atoms with E-state index in [1.165, 1.54) is 51.4 Å². The van der Waals surface area contributed by atoms with Gasteiger partial charge in [0.1, 0.15) is 0 Å². The molecule has 2 aliphatic rings. The van der Waals surface area contributed by atoms with E-state index in [0.29, 0.717) is 11.9 Å². The van der Waals surface area contributed by atoms with Crippen LogP contribution >= 0.6 is 0 Å². The van der Waals surface area contributed by atoms with E-state index in [1.807, 2.05) is 11.8 Å². The molecule has 2 rings (SSSR count). The maximum atomic E-state index is 12.2. The van der Waals surface area contributed by atoms with Crippen molar-refractivity contribution in [3.8, 4) is 0 Å². The maximum Gasteiger partial charge on any atom is 0.239 e. The summed E-state index contributed by atoms with van der Waals surface area (Å²) in [7, 11) is 0. The van der Waals surface area contributed by atoms with Crippen LogP contribution in [0.4, 0.5) is 0 Å². The number of rotatable bonds is 3. The first kappa shape index (κ1) is 12.9. The molecule has 0 radical (unpaired) electrons. The van der Waals surface area contributed by atoms with Gasteiger partial charge in [-0.3, -0.25) is 4.79 Å². The number of carbonyl (C=O) groups excluding carboxylic acids is 1. The van der Waals surface area contributed by atoms with Crippen molar-refractivity contribution in [1.82, 2.24) is 10.2 Å². The van der Waals surface area contributed by atoms with Crippen molar-refractivity contribution in [3.63, 3.8) is 0 Å². The van der Waals surface area contributed by atoms with E-state index in [1.54, 1.807) is 0 Å². The van der Waals surface area contributed by atoms with Crippen molar-refractivity contribution in [3.05, 3.63) is 0 Å². The van der Waals surface area contributed by atoms with Crippen LogP contribution in [0.3, 0.4) is 0 Å². The molecule has 0 spiro atoms. The van der Waals surface area contributed by atoms with Crippen molar-refractivity contribution < 1.29 is 4.79 Å². The summed E-state index contributed by atoms with van der Waals surface area (Å²) in [5.41, 5.74) is 0. The van der Waals surface area contributed by atoms with Gasteiger partial charge in [-0.2, -0.15) is 0 Å². The van der Waals surface area contributed by atoms with Crippen molar-refractivity contribution in [2.45, 2.75) is 70.4 Å². The van der Waals surface area contributed by atoms with Crippen molar-refractivity contribution in [2.24, 2.45) is 0 Å². The standard InChI is InChI=1S/C14H26N2O/c1-12(15-13-8-4-2-5-9-13)14(17)16-10-6-3-7-11-16/h12-13,15H,2-11H2,1H3. The molecule has 1 heterocycles. The third-order valence-electron chi connectivity index (χ3n) is 4.13. The van der Waals surface area contributed by atoms with Crippen LogP contribution in [0.1, 0.15) is 58.3 Å². The molecule has 17 heavy (non-hydrogen) atoms. The minimum Gasteiger partial charge on any atom is -0.341 e. The average molecular weight is 238 g/mol. The minimum absolute atomic E-state index is 0.0104. The van der Waals surface area contributed by atoms with E-state index < -0.39 is 0 Å². The van der Waals surface area contributed by atoms with Gasteiger partial charge in [0, 0.05) is 19.1 Å². The fourth-order valence-corrected chi connectivity index (χ4v) is 3.08. The monoisotopic (exact) mass is 238 g/mol. The molecule has 1 N–H and O–H groups in total. The van der Waals surface area contributed by atoms with E-state index in [4.69, 9.17) is 0 Å². The molecule has 1 atom stereocenters. The first-order chi connectivity index (χ1) is 8.27. The van der Waals surface area contributed by atoms with Gasteiger partial charge in [-0.05, 0) is 39.0 Å². The first-order valence-electron chi connectivity index (χ1n) is 7.32. The van der Waals surface area contributed by atoms with Crippen LogP contribution < -0.4 is 5.32 Å². The fourth-order valence-electron chi connectivity index (χ4n) is 3.08. The highest BCUT2D eigenvalue weighted by Gasteiger charge is 2.24.